The van der Waals surface area contributed by atoms with E-state index in [9.17, 15) is 48.3 Å². The Morgan fingerprint density at radius 2 is 1.01 bits per heavy atom. The van der Waals surface area contributed by atoms with Crippen LogP contribution in [0.4, 0.5) is 4.79 Å². The fraction of sp³-hybridized carbons (Fsp3) is 0.705. The van der Waals surface area contributed by atoms with Gasteiger partial charge in [-0.3, -0.25) is 38.4 Å². The number of alkyl carbamates (subject to hydrolysis) is 1. The summed E-state index contributed by atoms with van der Waals surface area (Å²) in [7, 11) is 8.67. The second-order valence-electron chi connectivity index (χ2n) is 24.0. The van der Waals surface area contributed by atoms with Crippen molar-refractivity contribution in [3.8, 4) is 0 Å². The third kappa shape index (κ3) is 22.5. The lowest BCUT2D eigenvalue weighted by molar-refractivity contribution is -0.158. The maximum atomic E-state index is 15.0. The van der Waals surface area contributed by atoms with Gasteiger partial charge in [0.2, 0.25) is 47.3 Å². The van der Waals surface area contributed by atoms with E-state index in [0.717, 1.165) is 5.56 Å². The fourth-order valence-corrected chi connectivity index (χ4v) is 9.95. The Labute approximate surface area is 494 Å². The van der Waals surface area contributed by atoms with Crippen LogP contribution in [0.2, 0.25) is 0 Å². The molecule has 0 unspecified atom stereocenters. The Kier molecular flexibility index (Phi) is 31.9. The Bertz CT molecular complexity index is 2330. The molecule has 0 radical (unpaired) electrons. The number of nitrogens with zero attached hydrogens (tertiary/aromatic N) is 5. The monoisotopic (exact) mass is 1170 g/mol. The van der Waals surface area contributed by atoms with Gasteiger partial charge >= 0.3 is 12.1 Å². The molecule has 22 nitrogen and oxygen atoms in total. The molecule has 11 atom stereocenters. The first-order chi connectivity index (χ1) is 38.6. The molecule has 0 heterocycles. The third-order valence-electron chi connectivity index (χ3n) is 14.9. The highest BCUT2D eigenvalue weighted by Crippen LogP contribution is 2.26. The van der Waals surface area contributed by atoms with Crippen molar-refractivity contribution in [2.75, 3.05) is 42.3 Å². The topological polar surface area (TPSA) is 274 Å². The molecule has 83 heavy (non-hydrogen) atoms. The summed E-state index contributed by atoms with van der Waals surface area (Å²) in [4.78, 5) is 146. The Balaban J connectivity index is 3.50. The Hall–Kier alpha value is -6.58. The largest absolute Gasteiger partial charge is 0.480 e. The highest BCUT2D eigenvalue weighted by atomic mass is 16.5. The van der Waals surface area contributed by atoms with Crippen LogP contribution in [0.1, 0.15) is 142 Å². The third-order valence-corrected chi connectivity index (χ3v) is 14.9. The number of allylic oxidation sites excluding steroid dienone is 2. The molecule has 1 aromatic rings. The Morgan fingerprint density at radius 3 is 1.47 bits per heavy atom. The van der Waals surface area contributed by atoms with E-state index < -0.39 is 132 Å². The summed E-state index contributed by atoms with van der Waals surface area (Å²) in [5.41, 5.74) is 0.758. The summed E-state index contributed by atoms with van der Waals surface area (Å²) in [5.74, 6) is -7.89. The highest BCUT2D eigenvalue weighted by molar-refractivity contribution is 5.98. The number of amides is 9. The van der Waals surface area contributed by atoms with E-state index in [1.807, 2.05) is 85.7 Å². The van der Waals surface area contributed by atoms with Crippen molar-refractivity contribution >= 4 is 59.3 Å². The van der Waals surface area contributed by atoms with Gasteiger partial charge in [0.05, 0.1) is 6.10 Å². The first kappa shape index (κ1) is 74.4. The second kappa shape index (κ2) is 35.5. The van der Waals surface area contributed by atoms with Gasteiger partial charge in [0.25, 0.3) is 0 Å². The van der Waals surface area contributed by atoms with Crippen molar-refractivity contribution in [1.82, 2.24) is 45.8 Å². The van der Waals surface area contributed by atoms with Gasteiger partial charge in [0, 0.05) is 42.3 Å². The van der Waals surface area contributed by atoms with Crippen LogP contribution in [-0.4, -0.2) is 192 Å². The van der Waals surface area contributed by atoms with Crippen LogP contribution in [-0.2, 0) is 59.2 Å². The lowest BCUT2D eigenvalue weighted by atomic mass is 9.91. The van der Waals surface area contributed by atoms with Crippen molar-refractivity contribution in [3.63, 3.8) is 0 Å². The average Bonchev–Trinajstić information content (AvgIpc) is 3.62. The van der Waals surface area contributed by atoms with Gasteiger partial charge in [-0.15, -0.1) is 0 Å². The molecule has 0 aliphatic heterocycles. The van der Waals surface area contributed by atoms with E-state index >= 15 is 4.79 Å². The first-order valence-electron chi connectivity index (χ1n) is 29.2. The van der Waals surface area contributed by atoms with Crippen LogP contribution in [0.5, 0.6) is 0 Å². The zero-order valence-corrected chi connectivity index (χ0v) is 53.6. The number of hydrogen-bond donors (Lipinski definition) is 5. The van der Waals surface area contributed by atoms with Crippen LogP contribution in [0.15, 0.2) is 42.5 Å². The molecule has 470 valence electrons. The SMILES string of the molecule is C/C=C/C[C@@H](C)[C@@H](OC)[C@@H](C(=O)N[C@@H](CC)C(=O)O)N(C)C(=O)[C@H](C(C)C)N(C)C(=O)[C@H](CC(C)C)N(C)C(=O)[C@H](CC(C)C)N(C)C(=O)[C@@H](C)NC(=O)[C@H](C)NC(=O)[C@H](CC(C)C)N(C)C(=O)[C@@H](NC(=O)OCc1ccccc1)C(C)C. The molecule has 0 aromatic heterocycles. The molecule has 0 spiro atoms. The lowest BCUT2D eigenvalue weighted by Crippen LogP contribution is -2.63. The van der Waals surface area contributed by atoms with Crippen LogP contribution < -0.4 is 21.3 Å². The highest BCUT2D eigenvalue weighted by Gasteiger charge is 2.45. The van der Waals surface area contributed by atoms with Gasteiger partial charge in [0.1, 0.15) is 61.0 Å². The van der Waals surface area contributed by atoms with Gasteiger partial charge in [-0.05, 0) is 93.9 Å². The average molecular weight is 1170 g/mol. The number of methoxy groups -OCH3 is 1. The van der Waals surface area contributed by atoms with Gasteiger partial charge in [-0.1, -0.05) is 126 Å². The normalized spacial score (nSPS) is 15.6. The minimum atomic E-state index is -1.32. The predicted octanol–water partition coefficient (Wildman–Crippen LogP) is 5.47. The molecule has 1 rings (SSSR count). The van der Waals surface area contributed by atoms with Crippen molar-refractivity contribution in [2.45, 2.75) is 203 Å². The zero-order valence-electron chi connectivity index (χ0n) is 53.6. The predicted molar refractivity (Wildman–Crippen MR) is 319 cm³/mol. The number of ether oxygens (including phenoxy) is 2. The number of aliphatic carboxylic acids is 1. The molecular weight excluding hydrogens is 1070 g/mol. The molecule has 9 amide bonds. The summed E-state index contributed by atoms with van der Waals surface area (Å²) in [6.45, 7) is 26.4. The number of carboxylic acid groups (broad SMARTS) is 1. The van der Waals surface area contributed by atoms with Gasteiger partial charge in [-0.2, -0.15) is 0 Å². The number of hydrogen-bond acceptors (Lipinski definition) is 12. The van der Waals surface area contributed by atoms with Gasteiger partial charge in [0.15, 0.2) is 0 Å². The first-order valence-corrected chi connectivity index (χ1v) is 29.2. The number of carboxylic acids is 1. The summed E-state index contributed by atoms with van der Waals surface area (Å²) in [6, 6.07) is -1.47. The standard InChI is InChI=1S/C61H103N9O13/c1-22-24-28-40(13)51(82-21)50(54(73)64-44(23-2)60(79)80)70(20)59(78)49(39(11)12)69(19)57(76)47(33-37(7)8)68(18)56(75)46(32-36(5)6)67(17)55(74)42(15)63-52(71)41(14)62-53(72)45(31-35(3)4)66(16)58(77)48(38(9)10)65-61(81)83-34-43-29-26-25-27-30-43/h22,24-27,29-30,35-42,44-51H,23,28,31-34H2,1-21H3,(H,62,72)(H,63,71)(H,64,73)(H,65,81)(H,79,80)/b24-22+/t40-,41+,42-,44+,45+,46+,47+,48+,49+,50+,51-/m1/s1. The minimum Gasteiger partial charge on any atom is -0.480 e. The summed E-state index contributed by atoms with van der Waals surface area (Å²) in [5, 5.41) is 20.4. The number of carbonyl (C=O) groups excluding carboxylic acids is 9. The zero-order chi connectivity index (χ0) is 63.9. The van der Waals surface area contributed by atoms with Crippen LogP contribution in [0, 0.1) is 35.5 Å². The second-order valence-corrected chi connectivity index (χ2v) is 24.0. The quantitative estimate of drug-likeness (QED) is 0.0536. The number of likely N-dealkylation sites (N-methyl/N-ethyl adjacent to an activating group) is 5. The molecular formula is C61H103N9O13. The molecule has 0 aliphatic carbocycles. The number of carbonyl (C=O) groups is 10. The molecule has 0 saturated carbocycles. The van der Waals surface area contributed by atoms with E-state index in [2.05, 4.69) is 21.3 Å². The number of rotatable bonds is 34. The maximum Gasteiger partial charge on any atom is 0.408 e. The molecule has 5 N–H and O–H groups in total. The number of benzene rings is 1. The number of nitrogens with one attached hydrogen (secondary N) is 4. The molecule has 1 aromatic carbocycles. The van der Waals surface area contributed by atoms with Crippen LogP contribution in [0.3, 0.4) is 0 Å². The molecule has 0 bridgehead atoms. The van der Waals surface area contributed by atoms with E-state index in [1.165, 1.54) is 80.7 Å². The molecule has 0 saturated heterocycles. The smallest absolute Gasteiger partial charge is 0.408 e. The van der Waals surface area contributed by atoms with Crippen LogP contribution >= 0.6 is 0 Å². The molecule has 0 fully saturated rings. The summed E-state index contributed by atoms with van der Waals surface area (Å²) in [6.07, 6.45) is 3.14. The fourth-order valence-electron chi connectivity index (χ4n) is 9.95. The maximum absolute atomic E-state index is 15.0. The van der Waals surface area contributed by atoms with E-state index in [0.29, 0.717) is 6.42 Å². The van der Waals surface area contributed by atoms with Crippen molar-refractivity contribution < 1.29 is 62.5 Å². The lowest BCUT2D eigenvalue weighted by Gasteiger charge is -2.42. The van der Waals surface area contributed by atoms with Crippen LogP contribution in [0.25, 0.3) is 0 Å². The van der Waals surface area contributed by atoms with E-state index in [-0.39, 0.29) is 56.0 Å². The summed E-state index contributed by atoms with van der Waals surface area (Å²) >= 11 is 0. The van der Waals surface area contributed by atoms with Crippen molar-refractivity contribution in [1.29, 1.82) is 0 Å². The summed E-state index contributed by atoms with van der Waals surface area (Å²) < 4.78 is 11.3. The van der Waals surface area contributed by atoms with E-state index in [1.54, 1.807) is 46.8 Å². The Morgan fingerprint density at radius 1 is 0.542 bits per heavy atom. The van der Waals surface area contributed by atoms with Gasteiger partial charge < -0.3 is 60.3 Å². The minimum absolute atomic E-state index is 0.0145. The van der Waals surface area contributed by atoms with Gasteiger partial charge in [-0.25, -0.2) is 9.59 Å². The van der Waals surface area contributed by atoms with Crippen molar-refractivity contribution in [3.05, 3.63) is 48.0 Å². The van der Waals surface area contributed by atoms with Crippen molar-refractivity contribution in [2.24, 2.45) is 35.5 Å². The molecule has 22 heteroatoms. The van der Waals surface area contributed by atoms with E-state index in [4.69, 9.17) is 9.47 Å². The molecule has 0 aliphatic rings.